The molecule has 0 bridgehead atoms. The average Bonchev–Trinajstić information content (AvgIpc) is 3.59. The number of cyclic esters (lactones) is 1. The van der Waals surface area contributed by atoms with E-state index >= 15 is 0 Å². The fourth-order valence-electron chi connectivity index (χ4n) is 5.26. The molecular weight excluding hydrogens is 470 g/mol. The summed E-state index contributed by atoms with van der Waals surface area (Å²) in [6.07, 6.45) is 0.611. The summed E-state index contributed by atoms with van der Waals surface area (Å²) in [5, 5.41) is 4.06. The summed E-state index contributed by atoms with van der Waals surface area (Å²) in [6, 6.07) is 8.89. The third-order valence-corrected chi connectivity index (χ3v) is 6.91. The zero-order chi connectivity index (χ0) is 25.0. The van der Waals surface area contributed by atoms with Gasteiger partial charge in [-0.3, -0.25) is 4.90 Å². The lowest BCUT2D eigenvalue weighted by atomic mass is 10.0. The van der Waals surface area contributed by atoms with E-state index in [-0.39, 0.29) is 18.3 Å². The number of hydrogen-bond donors (Lipinski definition) is 0. The predicted octanol–water partition coefficient (Wildman–Crippen LogP) is 5.64. The van der Waals surface area contributed by atoms with E-state index in [0.717, 1.165) is 52.2 Å². The maximum atomic E-state index is 14.1. The van der Waals surface area contributed by atoms with Gasteiger partial charge >= 0.3 is 6.09 Å². The molecule has 2 aromatic carbocycles. The highest BCUT2D eigenvalue weighted by Gasteiger charge is 2.37. The van der Waals surface area contributed by atoms with E-state index in [0.29, 0.717) is 25.5 Å². The summed E-state index contributed by atoms with van der Waals surface area (Å²) < 4.78 is 46.2. The van der Waals surface area contributed by atoms with Gasteiger partial charge in [-0.1, -0.05) is 11.2 Å². The van der Waals surface area contributed by atoms with Crippen molar-refractivity contribution in [2.24, 2.45) is 0 Å². The van der Waals surface area contributed by atoms with E-state index in [4.69, 9.17) is 19.0 Å². The van der Waals surface area contributed by atoms with Crippen LogP contribution in [0, 0.1) is 25.5 Å². The summed E-state index contributed by atoms with van der Waals surface area (Å²) in [5.74, 6) is -0.651. The summed E-state index contributed by atoms with van der Waals surface area (Å²) >= 11 is 0. The lowest BCUT2D eigenvalue weighted by Crippen LogP contribution is -2.42. The van der Waals surface area contributed by atoms with Crippen molar-refractivity contribution in [3.63, 3.8) is 0 Å². The molecule has 2 atom stereocenters. The number of hydrogen-bond acceptors (Lipinski definition) is 6. The van der Waals surface area contributed by atoms with Gasteiger partial charge in [-0.2, -0.15) is 0 Å². The number of anilines is 1. The number of imidazole rings is 1. The van der Waals surface area contributed by atoms with E-state index in [1.165, 1.54) is 11.0 Å². The van der Waals surface area contributed by atoms with E-state index in [1.54, 1.807) is 0 Å². The lowest BCUT2D eigenvalue weighted by Gasteiger charge is -2.35. The lowest BCUT2D eigenvalue weighted by molar-refractivity contribution is 0.127. The molecule has 2 fully saturated rings. The number of aryl methyl sites for hydroxylation is 2. The number of rotatable bonds is 4. The molecule has 4 aromatic rings. The van der Waals surface area contributed by atoms with Crippen LogP contribution in [0.1, 0.15) is 42.2 Å². The van der Waals surface area contributed by atoms with Gasteiger partial charge in [0.25, 0.3) is 0 Å². The fourth-order valence-corrected chi connectivity index (χ4v) is 5.26. The van der Waals surface area contributed by atoms with Crippen LogP contribution in [0.3, 0.4) is 0 Å². The Balaban J connectivity index is 1.52. The number of nitrogens with zero attached hydrogens (tertiary/aromatic N) is 4. The van der Waals surface area contributed by atoms with Crippen LogP contribution in [-0.4, -0.2) is 40.6 Å². The van der Waals surface area contributed by atoms with Crippen molar-refractivity contribution in [2.75, 3.05) is 24.7 Å². The van der Waals surface area contributed by atoms with Crippen LogP contribution >= 0.6 is 0 Å². The standard InChI is InChI=1S/C26H24F2N4O4/c1-14-24(15(2)36-30-14)16-3-6-22-21(11-16)29-25(31(22)18-7-9-34-13-18)23-8-10-35-26(33)32(23)17-4-5-19(27)20(28)12-17/h3-6,11-12,18,23H,7-10,13H2,1-2H3/t18-,23+/m1/s1. The van der Waals surface area contributed by atoms with Crippen LogP contribution in [0.5, 0.6) is 0 Å². The number of aromatic nitrogens is 3. The molecule has 0 saturated carbocycles. The van der Waals surface area contributed by atoms with Gasteiger partial charge in [-0.15, -0.1) is 0 Å². The molecule has 1 amide bonds. The first-order valence-corrected chi connectivity index (χ1v) is 11.9. The second-order valence-corrected chi connectivity index (χ2v) is 9.15. The third-order valence-electron chi connectivity index (χ3n) is 6.91. The van der Waals surface area contributed by atoms with Crippen LogP contribution in [0.25, 0.3) is 22.2 Å². The van der Waals surface area contributed by atoms with Gasteiger partial charge < -0.3 is 18.6 Å². The Morgan fingerprint density at radius 2 is 1.89 bits per heavy atom. The van der Waals surface area contributed by atoms with Crippen molar-refractivity contribution in [1.29, 1.82) is 0 Å². The van der Waals surface area contributed by atoms with Crippen molar-refractivity contribution >= 4 is 22.8 Å². The topological polar surface area (TPSA) is 82.6 Å². The number of benzene rings is 2. The van der Waals surface area contributed by atoms with Gasteiger partial charge in [0, 0.05) is 24.7 Å². The molecule has 36 heavy (non-hydrogen) atoms. The average molecular weight is 494 g/mol. The highest BCUT2D eigenvalue weighted by molar-refractivity contribution is 5.90. The van der Waals surface area contributed by atoms with Gasteiger partial charge in [-0.05, 0) is 50.1 Å². The second-order valence-electron chi connectivity index (χ2n) is 9.15. The summed E-state index contributed by atoms with van der Waals surface area (Å²) in [4.78, 5) is 19.3. The number of halogens is 2. The van der Waals surface area contributed by atoms with Crippen molar-refractivity contribution in [3.05, 3.63) is 65.3 Å². The molecule has 0 aliphatic carbocycles. The Labute approximate surface area is 205 Å². The summed E-state index contributed by atoms with van der Waals surface area (Å²) in [5.41, 5.74) is 4.50. The number of amides is 1. The zero-order valence-electron chi connectivity index (χ0n) is 19.8. The zero-order valence-corrected chi connectivity index (χ0v) is 19.8. The highest BCUT2D eigenvalue weighted by atomic mass is 19.2. The minimum Gasteiger partial charge on any atom is -0.449 e. The first kappa shape index (κ1) is 22.7. The monoisotopic (exact) mass is 494 g/mol. The molecule has 0 N–H and O–H groups in total. The van der Waals surface area contributed by atoms with Crippen molar-refractivity contribution < 1.29 is 27.6 Å². The maximum Gasteiger partial charge on any atom is 0.414 e. The predicted molar refractivity (Wildman–Crippen MR) is 127 cm³/mol. The molecule has 2 aromatic heterocycles. The largest absolute Gasteiger partial charge is 0.449 e. The molecule has 0 spiro atoms. The third kappa shape index (κ3) is 3.63. The molecule has 10 heteroatoms. The summed E-state index contributed by atoms with van der Waals surface area (Å²) in [6.45, 7) is 5.10. The number of carbonyl (C=O) groups excluding carboxylic acids is 1. The van der Waals surface area contributed by atoms with Crippen molar-refractivity contribution in [3.8, 4) is 11.1 Å². The van der Waals surface area contributed by atoms with Crippen LogP contribution < -0.4 is 4.90 Å². The molecule has 6 rings (SSSR count). The Kier molecular flexibility index (Phi) is 5.48. The second kappa shape index (κ2) is 8.70. The van der Waals surface area contributed by atoms with Gasteiger partial charge in [0.05, 0.1) is 41.7 Å². The fraction of sp³-hybridized carbons (Fsp3) is 0.346. The van der Waals surface area contributed by atoms with Gasteiger partial charge in [-0.25, -0.2) is 18.6 Å². The molecule has 2 saturated heterocycles. The Hall–Kier alpha value is -3.79. The number of fused-ring (bicyclic) bond motifs is 1. The van der Waals surface area contributed by atoms with Crippen LogP contribution in [0.2, 0.25) is 0 Å². The number of ether oxygens (including phenoxy) is 2. The molecular formula is C26H24F2N4O4. The Morgan fingerprint density at radius 3 is 2.61 bits per heavy atom. The minimum absolute atomic E-state index is 0.0275. The summed E-state index contributed by atoms with van der Waals surface area (Å²) in [7, 11) is 0. The quantitative estimate of drug-likeness (QED) is 0.365. The number of carbonyl (C=O) groups is 1. The van der Waals surface area contributed by atoms with E-state index in [1.807, 2.05) is 32.0 Å². The molecule has 0 radical (unpaired) electrons. The van der Waals surface area contributed by atoms with E-state index in [2.05, 4.69) is 9.72 Å². The Bertz CT molecular complexity index is 1450. The molecule has 2 aliphatic rings. The van der Waals surface area contributed by atoms with E-state index < -0.39 is 23.8 Å². The molecule has 2 aliphatic heterocycles. The van der Waals surface area contributed by atoms with Gasteiger partial charge in [0.15, 0.2) is 11.6 Å². The molecule has 4 heterocycles. The van der Waals surface area contributed by atoms with Crippen LogP contribution in [0.4, 0.5) is 19.3 Å². The SMILES string of the molecule is Cc1noc(C)c1-c1ccc2c(c1)nc([C@@H]1CCOC(=O)N1c1ccc(F)c(F)c1)n2[C@@H]1CCOC1. The van der Waals surface area contributed by atoms with Crippen LogP contribution in [0.15, 0.2) is 40.9 Å². The first-order valence-electron chi connectivity index (χ1n) is 11.9. The van der Waals surface area contributed by atoms with E-state index in [9.17, 15) is 13.6 Å². The molecule has 0 unspecified atom stereocenters. The Morgan fingerprint density at radius 1 is 1.03 bits per heavy atom. The van der Waals surface area contributed by atoms with Crippen molar-refractivity contribution in [1.82, 2.24) is 14.7 Å². The first-order chi connectivity index (χ1) is 17.4. The molecule has 186 valence electrons. The van der Waals surface area contributed by atoms with Gasteiger partial charge in [0.1, 0.15) is 17.6 Å². The highest BCUT2D eigenvalue weighted by Crippen LogP contribution is 2.39. The van der Waals surface area contributed by atoms with Gasteiger partial charge in [0.2, 0.25) is 0 Å². The maximum absolute atomic E-state index is 14.1. The molecule has 8 nitrogen and oxygen atoms in total. The smallest absolute Gasteiger partial charge is 0.414 e. The van der Waals surface area contributed by atoms with Crippen LogP contribution in [-0.2, 0) is 9.47 Å². The normalized spacial score (nSPS) is 20.3. The van der Waals surface area contributed by atoms with Crippen molar-refractivity contribution in [2.45, 2.75) is 38.8 Å². The minimum atomic E-state index is -1.04.